The van der Waals surface area contributed by atoms with Gasteiger partial charge >= 0.3 is 6.18 Å². The molecule has 0 aliphatic rings. The first kappa shape index (κ1) is 26.3. The van der Waals surface area contributed by atoms with Crippen LogP contribution in [0.5, 0.6) is 0 Å². The lowest BCUT2D eigenvalue weighted by Crippen LogP contribution is -2.41. The fraction of sp³-hybridized carbons (Fsp3) is 0.500. The number of nitrogens with one attached hydrogen (secondary N) is 3. The molecule has 28 heavy (non-hydrogen) atoms. The highest BCUT2D eigenvalue weighted by molar-refractivity contribution is 14.0. The molecule has 0 fully saturated rings. The molecule has 1 aromatic carbocycles. The number of hydrogen-bond donors (Lipinski definition) is 3. The fourth-order valence-corrected chi connectivity index (χ4v) is 2.92. The van der Waals surface area contributed by atoms with Crippen LogP contribution in [0.1, 0.15) is 13.3 Å². The van der Waals surface area contributed by atoms with Crippen molar-refractivity contribution in [3.63, 3.8) is 0 Å². The van der Waals surface area contributed by atoms with Crippen LogP contribution in [0, 0.1) is 10.1 Å². The average Bonchev–Trinajstić information content (AvgIpc) is 2.57. The van der Waals surface area contributed by atoms with Crippen molar-refractivity contribution >= 4 is 45.6 Å². The van der Waals surface area contributed by atoms with Crippen molar-refractivity contribution in [2.45, 2.75) is 24.4 Å². The predicted octanol–water partition coefficient (Wildman–Crippen LogP) is 2.00. The van der Waals surface area contributed by atoms with Crippen LogP contribution in [0.3, 0.4) is 0 Å². The summed E-state index contributed by atoms with van der Waals surface area (Å²) in [6.07, 6.45) is -5.38. The second-order valence-corrected chi connectivity index (χ2v) is 6.97. The number of nitrogens with zero attached hydrogens (tertiary/aromatic N) is 2. The van der Waals surface area contributed by atoms with Gasteiger partial charge in [-0.1, -0.05) is 6.07 Å². The first-order valence-corrected chi connectivity index (χ1v) is 9.36. The predicted molar refractivity (Wildman–Crippen MR) is 108 cm³/mol. The number of alkyl halides is 3. The monoisotopic (exact) mass is 539 g/mol. The maximum absolute atomic E-state index is 12.1. The smallest absolute Gasteiger partial charge is 0.357 e. The molecule has 0 aromatic heterocycles. The Labute approximate surface area is 177 Å². The van der Waals surface area contributed by atoms with Crippen LogP contribution in [0.4, 0.5) is 18.9 Å². The molecule has 0 saturated carbocycles. The molecule has 0 bridgehead atoms. The minimum Gasteiger partial charge on any atom is -0.357 e. The number of hydrogen-bond acceptors (Lipinski definition) is 5. The Hall–Kier alpha value is -1.68. The second-order valence-electron chi connectivity index (χ2n) is 5.20. The van der Waals surface area contributed by atoms with E-state index < -0.39 is 34.1 Å². The summed E-state index contributed by atoms with van der Waals surface area (Å²) in [5, 5.41) is 16.1. The summed E-state index contributed by atoms with van der Waals surface area (Å²) in [6.45, 7) is 1.63. The third kappa shape index (κ3) is 10.0. The molecule has 0 aliphatic carbocycles. The van der Waals surface area contributed by atoms with Gasteiger partial charge in [0.1, 0.15) is 0 Å². The van der Waals surface area contributed by atoms with Crippen molar-refractivity contribution in [3.05, 3.63) is 34.4 Å². The summed E-state index contributed by atoms with van der Waals surface area (Å²) in [6, 6.07) is 4.56. The van der Waals surface area contributed by atoms with Gasteiger partial charge in [0.2, 0.25) is 10.0 Å². The van der Waals surface area contributed by atoms with Gasteiger partial charge in [0.25, 0.3) is 5.69 Å². The van der Waals surface area contributed by atoms with Gasteiger partial charge in [0, 0.05) is 31.8 Å². The van der Waals surface area contributed by atoms with E-state index >= 15 is 0 Å². The van der Waals surface area contributed by atoms with Crippen LogP contribution in [-0.2, 0) is 10.0 Å². The number of nitro groups is 1. The summed E-state index contributed by atoms with van der Waals surface area (Å²) >= 11 is 0. The third-order valence-electron chi connectivity index (χ3n) is 3.06. The molecule has 0 aliphatic heterocycles. The minimum atomic E-state index is -4.31. The maximum atomic E-state index is 12.1. The van der Waals surface area contributed by atoms with Gasteiger partial charge in [-0.3, -0.25) is 15.1 Å². The van der Waals surface area contributed by atoms with Gasteiger partial charge in [0.05, 0.1) is 22.8 Å². The third-order valence-corrected chi connectivity index (χ3v) is 4.52. The van der Waals surface area contributed by atoms with E-state index in [2.05, 4.69) is 20.3 Å². The van der Waals surface area contributed by atoms with Gasteiger partial charge in [0.15, 0.2) is 5.96 Å². The van der Waals surface area contributed by atoms with E-state index in [-0.39, 0.29) is 53.6 Å². The summed E-state index contributed by atoms with van der Waals surface area (Å²) in [5.41, 5.74) is -0.359. The molecule has 0 spiro atoms. The molecular formula is C14H21F3IN5O4S. The molecule has 0 unspecified atom stereocenters. The van der Waals surface area contributed by atoms with E-state index in [9.17, 15) is 31.7 Å². The van der Waals surface area contributed by atoms with Crippen molar-refractivity contribution in [2.75, 3.05) is 26.2 Å². The molecule has 1 aromatic rings. The first-order valence-electron chi connectivity index (χ1n) is 7.88. The van der Waals surface area contributed by atoms with E-state index in [1.54, 1.807) is 6.92 Å². The zero-order valence-corrected chi connectivity index (χ0v) is 18.0. The molecule has 0 heterocycles. The van der Waals surface area contributed by atoms with Crippen molar-refractivity contribution < 1.29 is 26.5 Å². The highest BCUT2D eigenvalue weighted by Crippen LogP contribution is 2.19. The average molecular weight is 539 g/mol. The van der Waals surface area contributed by atoms with E-state index in [4.69, 9.17) is 0 Å². The van der Waals surface area contributed by atoms with Crippen molar-refractivity contribution in [1.29, 1.82) is 0 Å². The topological polar surface area (TPSA) is 126 Å². The number of nitro benzene ring substituents is 1. The van der Waals surface area contributed by atoms with Crippen molar-refractivity contribution in [2.24, 2.45) is 4.99 Å². The molecule has 1 rings (SSSR count). The van der Waals surface area contributed by atoms with Crippen LogP contribution in [0.2, 0.25) is 0 Å². The van der Waals surface area contributed by atoms with E-state index in [0.29, 0.717) is 6.54 Å². The minimum absolute atomic E-state index is 0. The zero-order chi connectivity index (χ0) is 20.5. The lowest BCUT2D eigenvalue weighted by Gasteiger charge is -2.12. The van der Waals surface area contributed by atoms with Crippen LogP contribution in [-0.4, -0.2) is 51.7 Å². The molecule has 14 heteroatoms. The maximum Gasteiger partial charge on any atom is 0.390 e. The van der Waals surface area contributed by atoms with Crippen molar-refractivity contribution in [3.8, 4) is 0 Å². The van der Waals surface area contributed by atoms with E-state index in [0.717, 1.165) is 6.07 Å². The Morgan fingerprint density at radius 3 is 2.50 bits per heavy atom. The Kier molecular flexibility index (Phi) is 11.3. The number of aliphatic imine (C=N–C) groups is 1. The van der Waals surface area contributed by atoms with Crippen LogP contribution < -0.4 is 15.4 Å². The van der Waals surface area contributed by atoms with E-state index in [1.165, 1.54) is 18.2 Å². The van der Waals surface area contributed by atoms with Crippen LogP contribution >= 0.6 is 24.0 Å². The largest absolute Gasteiger partial charge is 0.390 e. The van der Waals surface area contributed by atoms with Gasteiger partial charge in [-0.15, -0.1) is 24.0 Å². The second kappa shape index (κ2) is 12.0. The van der Waals surface area contributed by atoms with Gasteiger partial charge in [-0.25, -0.2) is 13.1 Å². The molecule has 0 radical (unpaired) electrons. The summed E-state index contributed by atoms with van der Waals surface area (Å²) < 4.78 is 62.9. The zero-order valence-electron chi connectivity index (χ0n) is 14.8. The molecule has 0 amide bonds. The standard InChI is InChI=1S/C14H20F3N5O4S.HI/c1-2-18-13(19-7-6-14(15,16)17)20-8-9-21-27(25,26)12-5-3-4-11(10-12)22(23)24;/h3-5,10,21H,2,6-9H2,1H3,(H2,18,19,20);1H. The fourth-order valence-electron chi connectivity index (χ4n) is 1.85. The summed E-state index contributed by atoms with van der Waals surface area (Å²) in [4.78, 5) is 13.5. The number of halogens is 4. The Bertz CT molecular complexity index is 774. The number of non-ortho nitro benzene ring substituents is 1. The van der Waals surface area contributed by atoms with E-state index in [1.807, 2.05) is 0 Å². The number of sulfonamides is 1. The number of benzene rings is 1. The van der Waals surface area contributed by atoms with Gasteiger partial charge in [-0.05, 0) is 13.0 Å². The van der Waals surface area contributed by atoms with Gasteiger partial charge < -0.3 is 10.6 Å². The first-order chi connectivity index (χ1) is 12.5. The number of rotatable bonds is 9. The summed E-state index contributed by atoms with van der Waals surface area (Å²) in [5.74, 6) is 0.122. The van der Waals surface area contributed by atoms with Crippen LogP contribution in [0.25, 0.3) is 0 Å². The number of guanidine groups is 1. The molecule has 160 valence electrons. The molecule has 0 saturated heterocycles. The highest BCUT2D eigenvalue weighted by Gasteiger charge is 2.26. The highest BCUT2D eigenvalue weighted by atomic mass is 127. The summed E-state index contributed by atoms with van der Waals surface area (Å²) in [7, 11) is -3.97. The lowest BCUT2D eigenvalue weighted by atomic mass is 10.3. The molecule has 3 N–H and O–H groups in total. The van der Waals surface area contributed by atoms with Crippen molar-refractivity contribution in [1.82, 2.24) is 15.4 Å². The normalized spacial score (nSPS) is 12.2. The Morgan fingerprint density at radius 1 is 1.25 bits per heavy atom. The SMILES string of the molecule is CCNC(=NCCC(F)(F)F)NCCNS(=O)(=O)c1cccc([N+](=O)[O-])c1.I. The Morgan fingerprint density at radius 2 is 1.93 bits per heavy atom. The molecule has 0 atom stereocenters. The Balaban J connectivity index is 0.00000729. The molecular weight excluding hydrogens is 518 g/mol. The van der Waals surface area contributed by atoms with Crippen LogP contribution in [0.15, 0.2) is 34.2 Å². The lowest BCUT2D eigenvalue weighted by molar-refractivity contribution is -0.385. The molecule has 9 nitrogen and oxygen atoms in total. The quantitative estimate of drug-likeness (QED) is 0.110. The van der Waals surface area contributed by atoms with Gasteiger partial charge in [-0.2, -0.15) is 13.2 Å².